The molecule has 21 heavy (non-hydrogen) atoms. The van der Waals surface area contributed by atoms with Crippen molar-refractivity contribution >= 4 is 5.97 Å². The Labute approximate surface area is 121 Å². The van der Waals surface area contributed by atoms with Crippen molar-refractivity contribution in [3.8, 4) is 5.75 Å². The minimum atomic E-state index is -1.04. The fraction of sp³-hybridized carbons (Fsp3) is 0.267. The molecule has 6 heteroatoms. The van der Waals surface area contributed by atoms with E-state index in [9.17, 15) is 14.7 Å². The lowest BCUT2D eigenvalue weighted by atomic mass is 9.89. The van der Waals surface area contributed by atoms with Gasteiger partial charge in [0.15, 0.2) is 0 Å². The molecule has 110 valence electrons. The van der Waals surface area contributed by atoms with E-state index in [4.69, 9.17) is 5.11 Å². The van der Waals surface area contributed by atoms with E-state index in [1.54, 1.807) is 26.1 Å². The van der Waals surface area contributed by atoms with Crippen LogP contribution in [0.1, 0.15) is 29.2 Å². The van der Waals surface area contributed by atoms with Gasteiger partial charge in [0.25, 0.3) is 5.56 Å². The van der Waals surface area contributed by atoms with Gasteiger partial charge in [-0.15, -0.1) is 0 Å². The van der Waals surface area contributed by atoms with Crippen LogP contribution in [0.2, 0.25) is 0 Å². The SMILES string of the molecule is Cc1cc(O)c([C@@H](CC(=O)O)c2ccncc2)c(=O)n1C. The molecule has 2 aromatic rings. The van der Waals surface area contributed by atoms with Gasteiger partial charge >= 0.3 is 5.97 Å². The Hall–Kier alpha value is -2.63. The zero-order valence-corrected chi connectivity index (χ0v) is 11.8. The standard InChI is InChI=1S/C15H16N2O4/c1-9-7-12(18)14(15(21)17(9)2)11(8-13(19)20)10-3-5-16-6-4-10/h3-7,11,18H,8H2,1-2H3,(H,19,20)/t11-/m0/s1. The summed E-state index contributed by atoms with van der Waals surface area (Å²) in [6.45, 7) is 1.70. The topological polar surface area (TPSA) is 92.4 Å². The van der Waals surface area contributed by atoms with E-state index >= 15 is 0 Å². The molecule has 2 heterocycles. The minimum absolute atomic E-state index is 0.0942. The van der Waals surface area contributed by atoms with Crippen molar-refractivity contribution in [2.75, 3.05) is 0 Å². The molecule has 0 amide bonds. The van der Waals surface area contributed by atoms with Crippen LogP contribution in [0.15, 0.2) is 35.4 Å². The van der Waals surface area contributed by atoms with Gasteiger partial charge in [-0.3, -0.25) is 14.6 Å². The molecular formula is C15H16N2O4. The van der Waals surface area contributed by atoms with Crippen LogP contribution in [0.4, 0.5) is 0 Å². The van der Waals surface area contributed by atoms with Crippen LogP contribution in [0.25, 0.3) is 0 Å². The van der Waals surface area contributed by atoms with Gasteiger partial charge in [0.2, 0.25) is 0 Å². The highest BCUT2D eigenvalue weighted by molar-refractivity contribution is 5.69. The van der Waals surface area contributed by atoms with E-state index in [-0.39, 0.29) is 17.7 Å². The smallest absolute Gasteiger partial charge is 0.304 e. The van der Waals surface area contributed by atoms with Crippen LogP contribution in [-0.2, 0) is 11.8 Å². The first kappa shape index (κ1) is 14.8. The summed E-state index contributed by atoms with van der Waals surface area (Å²) in [7, 11) is 1.59. The van der Waals surface area contributed by atoms with Gasteiger partial charge in [-0.05, 0) is 30.7 Å². The van der Waals surface area contributed by atoms with E-state index in [1.165, 1.54) is 23.0 Å². The summed E-state index contributed by atoms with van der Waals surface area (Å²) < 4.78 is 1.39. The summed E-state index contributed by atoms with van der Waals surface area (Å²) in [5, 5.41) is 19.2. The zero-order chi connectivity index (χ0) is 15.6. The Bertz CT molecular complexity index is 722. The maximum atomic E-state index is 12.4. The zero-order valence-electron chi connectivity index (χ0n) is 11.8. The summed E-state index contributed by atoms with van der Waals surface area (Å²) in [6, 6.07) is 4.76. The Morgan fingerprint density at radius 1 is 1.38 bits per heavy atom. The fourth-order valence-corrected chi connectivity index (χ4v) is 2.31. The second-order valence-electron chi connectivity index (χ2n) is 4.88. The maximum Gasteiger partial charge on any atom is 0.304 e. The number of pyridine rings is 2. The molecule has 1 atom stereocenters. The highest BCUT2D eigenvalue weighted by Crippen LogP contribution is 2.31. The Balaban J connectivity index is 2.66. The third-order valence-corrected chi connectivity index (χ3v) is 3.52. The van der Waals surface area contributed by atoms with Crippen molar-refractivity contribution in [2.24, 2.45) is 7.05 Å². The van der Waals surface area contributed by atoms with E-state index in [1.807, 2.05) is 0 Å². The third kappa shape index (κ3) is 2.94. The number of hydrogen-bond donors (Lipinski definition) is 2. The first-order chi connectivity index (χ1) is 9.91. The molecule has 0 aromatic carbocycles. The average Bonchev–Trinajstić information content (AvgIpc) is 2.44. The number of aromatic nitrogens is 2. The van der Waals surface area contributed by atoms with Gasteiger partial charge in [0.1, 0.15) is 5.75 Å². The van der Waals surface area contributed by atoms with Gasteiger partial charge in [0.05, 0.1) is 12.0 Å². The van der Waals surface area contributed by atoms with Crippen LogP contribution in [-0.4, -0.2) is 25.7 Å². The van der Waals surface area contributed by atoms with Crippen molar-refractivity contribution in [3.63, 3.8) is 0 Å². The summed E-state index contributed by atoms with van der Waals surface area (Å²) in [6.07, 6.45) is 2.77. The van der Waals surface area contributed by atoms with Gasteiger partial charge < -0.3 is 14.8 Å². The van der Waals surface area contributed by atoms with Crippen LogP contribution < -0.4 is 5.56 Å². The number of hydrogen-bond acceptors (Lipinski definition) is 4. The molecule has 0 radical (unpaired) electrons. The van der Waals surface area contributed by atoms with E-state index in [0.29, 0.717) is 11.3 Å². The quantitative estimate of drug-likeness (QED) is 0.887. The molecule has 2 aromatic heterocycles. The second-order valence-corrected chi connectivity index (χ2v) is 4.88. The van der Waals surface area contributed by atoms with Crippen molar-refractivity contribution in [2.45, 2.75) is 19.3 Å². The summed E-state index contributed by atoms with van der Waals surface area (Å²) in [5.41, 5.74) is 0.931. The number of aromatic hydroxyl groups is 1. The van der Waals surface area contributed by atoms with E-state index in [0.717, 1.165) is 0 Å². The van der Waals surface area contributed by atoms with E-state index < -0.39 is 17.4 Å². The lowest BCUT2D eigenvalue weighted by molar-refractivity contribution is -0.137. The number of rotatable bonds is 4. The molecule has 0 saturated carbocycles. The van der Waals surface area contributed by atoms with Crippen LogP contribution in [0.5, 0.6) is 5.75 Å². The van der Waals surface area contributed by atoms with Gasteiger partial charge in [-0.25, -0.2) is 0 Å². The fourth-order valence-electron chi connectivity index (χ4n) is 2.31. The number of aliphatic carboxylic acids is 1. The summed E-state index contributed by atoms with van der Waals surface area (Å²) in [4.78, 5) is 27.4. The number of aryl methyl sites for hydroxylation is 1. The Morgan fingerprint density at radius 2 is 2.00 bits per heavy atom. The van der Waals surface area contributed by atoms with Crippen LogP contribution >= 0.6 is 0 Å². The molecule has 0 fully saturated rings. The molecular weight excluding hydrogens is 272 g/mol. The lowest BCUT2D eigenvalue weighted by Gasteiger charge is -2.18. The maximum absolute atomic E-state index is 12.4. The van der Waals surface area contributed by atoms with Gasteiger partial charge in [-0.1, -0.05) is 0 Å². The molecule has 0 aliphatic carbocycles. The highest BCUT2D eigenvalue weighted by atomic mass is 16.4. The normalized spacial score (nSPS) is 12.1. The number of carboxylic acids is 1. The molecule has 2 rings (SSSR count). The van der Waals surface area contributed by atoms with Gasteiger partial charge in [0, 0.05) is 31.1 Å². The first-order valence-corrected chi connectivity index (χ1v) is 6.43. The molecule has 2 N–H and O–H groups in total. The highest BCUT2D eigenvalue weighted by Gasteiger charge is 2.25. The lowest BCUT2D eigenvalue weighted by Crippen LogP contribution is -2.26. The van der Waals surface area contributed by atoms with Crippen molar-refractivity contribution < 1.29 is 15.0 Å². The molecule has 6 nitrogen and oxygen atoms in total. The average molecular weight is 288 g/mol. The summed E-state index contributed by atoms with van der Waals surface area (Å²) in [5.74, 6) is -1.94. The molecule has 0 spiro atoms. The number of carbonyl (C=O) groups is 1. The Morgan fingerprint density at radius 3 is 2.57 bits per heavy atom. The van der Waals surface area contributed by atoms with Crippen LogP contribution in [0.3, 0.4) is 0 Å². The van der Waals surface area contributed by atoms with E-state index in [2.05, 4.69) is 4.98 Å². The van der Waals surface area contributed by atoms with Gasteiger partial charge in [-0.2, -0.15) is 0 Å². The number of carboxylic acid groups (broad SMARTS) is 1. The minimum Gasteiger partial charge on any atom is -0.507 e. The molecule has 0 aliphatic heterocycles. The van der Waals surface area contributed by atoms with Crippen LogP contribution in [0, 0.1) is 6.92 Å². The summed E-state index contributed by atoms with van der Waals surface area (Å²) >= 11 is 0. The Kier molecular flexibility index (Phi) is 4.07. The first-order valence-electron chi connectivity index (χ1n) is 6.43. The predicted octanol–water partition coefficient (Wildman–Crippen LogP) is 1.40. The second kappa shape index (κ2) is 5.78. The molecule has 0 unspecified atom stereocenters. The molecule has 0 saturated heterocycles. The van der Waals surface area contributed by atoms with Crippen molar-refractivity contribution in [1.29, 1.82) is 0 Å². The monoisotopic (exact) mass is 288 g/mol. The largest absolute Gasteiger partial charge is 0.507 e. The molecule has 0 aliphatic rings. The predicted molar refractivity (Wildman–Crippen MR) is 76.4 cm³/mol. The third-order valence-electron chi connectivity index (χ3n) is 3.52. The number of nitrogens with zero attached hydrogens (tertiary/aromatic N) is 2. The van der Waals surface area contributed by atoms with Crippen molar-refractivity contribution in [3.05, 3.63) is 57.8 Å². The van der Waals surface area contributed by atoms with Crippen molar-refractivity contribution in [1.82, 2.24) is 9.55 Å². The molecule has 0 bridgehead atoms.